The van der Waals surface area contributed by atoms with Crippen molar-refractivity contribution >= 4 is 15.7 Å². The summed E-state index contributed by atoms with van der Waals surface area (Å²) < 4.78 is 38.5. The van der Waals surface area contributed by atoms with E-state index in [1.54, 1.807) is 56.7 Å². The van der Waals surface area contributed by atoms with Crippen molar-refractivity contribution in [2.45, 2.75) is 4.90 Å². The van der Waals surface area contributed by atoms with Crippen LogP contribution in [0.4, 0.5) is 0 Å². The number of nitrogens with zero attached hydrogens (tertiary/aromatic N) is 1. The summed E-state index contributed by atoms with van der Waals surface area (Å²) in [5.74, 6) is 1.16. The van der Waals surface area contributed by atoms with Crippen molar-refractivity contribution < 1.29 is 17.9 Å². The van der Waals surface area contributed by atoms with Crippen molar-refractivity contribution in [3.05, 3.63) is 53.6 Å². The second-order valence-electron chi connectivity index (χ2n) is 4.51. The van der Waals surface area contributed by atoms with Gasteiger partial charge in [-0.2, -0.15) is 12.8 Å². The second-order valence-corrected chi connectivity index (χ2v) is 6.08. The Labute approximate surface area is 122 Å². The van der Waals surface area contributed by atoms with Gasteiger partial charge < -0.3 is 9.47 Å². The Balaban J connectivity index is 2.23. The molecule has 5 nitrogen and oxygen atoms in total. The Kier molecular flexibility index (Phi) is 3.17. The van der Waals surface area contributed by atoms with E-state index in [0.29, 0.717) is 28.3 Å². The largest absolute Gasteiger partial charge is 0.497 e. The molecule has 3 rings (SSSR count). The lowest BCUT2D eigenvalue weighted by atomic mass is 10.0. The van der Waals surface area contributed by atoms with E-state index in [0.717, 1.165) is 0 Å². The molecule has 0 saturated carbocycles. The molecule has 0 N–H and O–H groups in total. The lowest BCUT2D eigenvalue weighted by Gasteiger charge is -2.08. The third-order valence-electron chi connectivity index (χ3n) is 3.26. The van der Waals surface area contributed by atoms with Gasteiger partial charge in [0.25, 0.3) is 10.0 Å². The van der Waals surface area contributed by atoms with Crippen LogP contribution in [0.3, 0.4) is 0 Å². The maximum atomic E-state index is 12.1. The van der Waals surface area contributed by atoms with E-state index in [9.17, 15) is 8.42 Å². The first-order valence-corrected chi connectivity index (χ1v) is 7.67. The van der Waals surface area contributed by atoms with Crippen LogP contribution in [0.1, 0.15) is 11.1 Å². The second kappa shape index (κ2) is 4.89. The molecule has 2 aromatic carbocycles. The summed E-state index contributed by atoms with van der Waals surface area (Å²) >= 11 is 0. The summed E-state index contributed by atoms with van der Waals surface area (Å²) in [4.78, 5) is 0.224. The fourth-order valence-electron chi connectivity index (χ4n) is 2.26. The molecule has 0 saturated heterocycles. The van der Waals surface area contributed by atoms with Crippen LogP contribution in [0, 0.1) is 0 Å². The molecule has 2 aromatic rings. The zero-order valence-electron chi connectivity index (χ0n) is 11.5. The highest BCUT2D eigenvalue weighted by atomic mass is 32.2. The molecule has 0 bridgehead atoms. The van der Waals surface area contributed by atoms with Gasteiger partial charge in [-0.1, -0.05) is 18.2 Å². The minimum Gasteiger partial charge on any atom is -0.497 e. The smallest absolute Gasteiger partial charge is 0.283 e. The fourth-order valence-corrected chi connectivity index (χ4v) is 3.49. The van der Waals surface area contributed by atoms with Crippen LogP contribution < -0.4 is 9.47 Å². The molecule has 1 aliphatic heterocycles. The van der Waals surface area contributed by atoms with Crippen molar-refractivity contribution in [3.8, 4) is 11.5 Å². The first-order chi connectivity index (χ1) is 10.0. The summed E-state index contributed by atoms with van der Waals surface area (Å²) in [5, 5.41) is 0. The first kappa shape index (κ1) is 13.6. The lowest BCUT2D eigenvalue weighted by molar-refractivity contribution is 0.394. The molecule has 0 aromatic heterocycles. The van der Waals surface area contributed by atoms with E-state index in [1.165, 1.54) is 0 Å². The molecule has 0 spiro atoms. The van der Waals surface area contributed by atoms with Crippen molar-refractivity contribution in [3.63, 3.8) is 0 Å². The molecule has 6 heteroatoms. The highest BCUT2D eigenvalue weighted by Crippen LogP contribution is 2.32. The van der Waals surface area contributed by atoms with Gasteiger partial charge in [-0.15, -0.1) is 0 Å². The number of sulfonamides is 1. The summed E-state index contributed by atoms with van der Waals surface area (Å²) in [6, 6.07) is 12.0. The molecule has 1 aliphatic rings. The Hall–Kier alpha value is -2.34. The van der Waals surface area contributed by atoms with E-state index in [-0.39, 0.29) is 4.90 Å². The molecule has 21 heavy (non-hydrogen) atoms. The van der Waals surface area contributed by atoms with E-state index in [2.05, 4.69) is 4.40 Å². The van der Waals surface area contributed by atoms with Crippen LogP contribution in [-0.4, -0.2) is 28.3 Å². The summed E-state index contributed by atoms with van der Waals surface area (Å²) in [6.07, 6.45) is 0. The van der Waals surface area contributed by atoms with Gasteiger partial charge in [0.05, 0.1) is 24.8 Å². The Morgan fingerprint density at radius 3 is 2.19 bits per heavy atom. The van der Waals surface area contributed by atoms with E-state index < -0.39 is 10.0 Å². The van der Waals surface area contributed by atoms with Gasteiger partial charge in [0.2, 0.25) is 0 Å². The Morgan fingerprint density at radius 2 is 1.57 bits per heavy atom. The highest BCUT2D eigenvalue weighted by molar-refractivity contribution is 7.90. The maximum Gasteiger partial charge on any atom is 0.283 e. The molecule has 0 amide bonds. The van der Waals surface area contributed by atoms with Crippen LogP contribution in [0.2, 0.25) is 0 Å². The van der Waals surface area contributed by atoms with Gasteiger partial charge in [-0.3, -0.25) is 0 Å². The fraction of sp³-hybridized carbons (Fsp3) is 0.133. The molecule has 0 unspecified atom stereocenters. The number of fused-ring (bicyclic) bond motifs is 1. The van der Waals surface area contributed by atoms with Crippen LogP contribution in [0.15, 0.2) is 51.8 Å². The van der Waals surface area contributed by atoms with Gasteiger partial charge in [0.15, 0.2) is 0 Å². The molecular formula is C15H13NO4S. The maximum absolute atomic E-state index is 12.1. The average Bonchev–Trinajstić information content (AvgIpc) is 2.79. The monoisotopic (exact) mass is 303 g/mol. The third-order valence-corrected chi connectivity index (χ3v) is 4.59. The lowest BCUT2D eigenvalue weighted by Crippen LogP contribution is -2.01. The van der Waals surface area contributed by atoms with Gasteiger partial charge in [-0.05, 0) is 18.2 Å². The number of methoxy groups -OCH3 is 2. The average molecular weight is 303 g/mol. The normalized spacial score (nSPS) is 15.2. The molecule has 0 aliphatic carbocycles. The summed E-state index contributed by atoms with van der Waals surface area (Å²) in [5.41, 5.74) is 1.63. The third kappa shape index (κ3) is 2.27. The van der Waals surface area contributed by atoms with Crippen LogP contribution in [0.25, 0.3) is 0 Å². The molecule has 1 heterocycles. The molecule has 0 fully saturated rings. The van der Waals surface area contributed by atoms with Crippen molar-refractivity contribution in [2.24, 2.45) is 4.40 Å². The zero-order valence-corrected chi connectivity index (χ0v) is 12.3. The highest BCUT2D eigenvalue weighted by Gasteiger charge is 2.29. The van der Waals surface area contributed by atoms with E-state index in [1.807, 2.05) is 0 Å². The van der Waals surface area contributed by atoms with Crippen molar-refractivity contribution in [1.82, 2.24) is 0 Å². The number of hydrogen-bond acceptors (Lipinski definition) is 4. The number of rotatable bonds is 3. The SMILES string of the molecule is COc1cc(OC)cc(C2=NS(=O)(=O)c3ccccc32)c1. The van der Waals surface area contributed by atoms with Crippen molar-refractivity contribution in [2.75, 3.05) is 14.2 Å². The van der Waals surface area contributed by atoms with E-state index >= 15 is 0 Å². The van der Waals surface area contributed by atoms with Gasteiger partial charge in [0, 0.05) is 17.2 Å². The number of hydrogen-bond donors (Lipinski definition) is 0. The predicted molar refractivity (Wildman–Crippen MR) is 78.8 cm³/mol. The molecular weight excluding hydrogens is 290 g/mol. The predicted octanol–water partition coefficient (Wildman–Crippen LogP) is 2.24. The van der Waals surface area contributed by atoms with E-state index in [4.69, 9.17) is 9.47 Å². The Morgan fingerprint density at radius 1 is 0.952 bits per heavy atom. The Bertz CT molecular complexity index is 818. The van der Waals surface area contributed by atoms with Gasteiger partial charge in [0.1, 0.15) is 11.5 Å². The van der Waals surface area contributed by atoms with Crippen molar-refractivity contribution in [1.29, 1.82) is 0 Å². The summed E-state index contributed by atoms with van der Waals surface area (Å²) in [7, 11) is -0.553. The molecule has 0 radical (unpaired) electrons. The zero-order chi connectivity index (χ0) is 15.0. The number of ether oxygens (including phenoxy) is 2. The quantitative estimate of drug-likeness (QED) is 0.872. The van der Waals surface area contributed by atoms with Crippen LogP contribution in [0.5, 0.6) is 11.5 Å². The topological polar surface area (TPSA) is 65.0 Å². The van der Waals surface area contributed by atoms with Gasteiger partial charge >= 0.3 is 0 Å². The molecule has 0 atom stereocenters. The van der Waals surface area contributed by atoms with Crippen LogP contribution in [-0.2, 0) is 10.0 Å². The molecule has 108 valence electrons. The number of benzene rings is 2. The van der Waals surface area contributed by atoms with Gasteiger partial charge in [-0.25, -0.2) is 0 Å². The summed E-state index contributed by atoms with van der Waals surface area (Å²) in [6.45, 7) is 0. The first-order valence-electron chi connectivity index (χ1n) is 6.23. The minimum atomic E-state index is -3.64. The standard InChI is InChI=1S/C15H13NO4S/c1-19-11-7-10(8-12(9-11)20-2)15-13-5-3-4-6-14(13)21(17,18)16-15/h3-9H,1-2H3. The van der Waals surface area contributed by atoms with Crippen LogP contribution >= 0.6 is 0 Å². The minimum absolute atomic E-state index is 0.224.